The third kappa shape index (κ3) is 3.56. The molecule has 0 unspecified atom stereocenters. The highest BCUT2D eigenvalue weighted by molar-refractivity contribution is 5.94. The Morgan fingerprint density at radius 2 is 1.81 bits per heavy atom. The number of benzene rings is 1. The summed E-state index contributed by atoms with van der Waals surface area (Å²) in [7, 11) is 0. The van der Waals surface area contributed by atoms with Gasteiger partial charge in [0, 0.05) is 17.8 Å². The van der Waals surface area contributed by atoms with E-state index in [2.05, 4.69) is 10.3 Å². The molecular formula is C16H18FN3O. The van der Waals surface area contributed by atoms with Gasteiger partial charge in [-0.2, -0.15) is 0 Å². The summed E-state index contributed by atoms with van der Waals surface area (Å²) >= 11 is 0. The molecule has 2 rings (SSSR count). The quantitative estimate of drug-likeness (QED) is 0.912. The van der Waals surface area contributed by atoms with Crippen LogP contribution in [0.25, 0.3) is 0 Å². The van der Waals surface area contributed by atoms with Crippen LogP contribution in [0.1, 0.15) is 32.7 Å². The van der Waals surface area contributed by atoms with Crippen LogP contribution in [0.15, 0.2) is 24.3 Å². The fraction of sp³-hybridized carbons (Fsp3) is 0.250. The normalized spacial score (nSPS) is 10.5. The van der Waals surface area contributed by atoms with Crippen molar-refractivity contribution in [2.45, 2.75) is 27.3 Å². The molecule has 2 aromatic rings. The Labute approximate surface area is 123 Å². The van der Waals surface area contributed by atoms with E-state index in [1.54, 1.807) is 39.0 Å². The van der Waals surface area contributed by atoms with E-state index in [1.165, 1.54) is 6.07 Å². The van der Waals surface area contributed by atoms with Crippen molar-refractivity contribution in [3.05, 3.63) is 58.0 Å². The summed E-state index contributed by atoms with van der Waals surface area (Å²) in [6.07, 6.45) is 0. The highest BCUT2D eigenvalue weighted by Gasteiger charge is 2.09. The Hall–Kier alpha value is -2.43. The summed E-state index contributed by atoms with van der Waals surface area (Å²) in [4.78, 5) is 16.1. The van der Waals surface area contributed by atoms with Crippen molar-refractivity contribution >= 4 is 11.7 Å². The van der Waals surface area contributed by atoms with E-state index in [4.69, 9.17) is 5.73 Å². The number of aryl methyl sites for hydroxylation is 3. The van der Waals surface area contributed by atoms with E-state index in [0.717, 1.165) is 5.56 Å². The van der Waals surface area contributed by atoms with Crippen molar-refractivity contribution in [3.8, 4) is 0 Å². The van der Waals surface area contributed by atoms with Gasteiger partial charge in [0.25, 0.3) is 5.91 Å². The average Bonchev–Trinajstić information content (AvgIpc) is 2.40. The smallest absolute Gasteiger partial charge is 0.251 e. The van der Waals surface area contributed by atoms with Gasteiger partial charge >= 0.3 is 0 Å². The molecule has 0 saturated carbocycles. The number of nitrogen functional groups attached to an aromatic ring is 1. The van der Waals surface area contributed by atoms with Crippen molar-refractivity contribution in [1.29, 1.82) is 0 Å². The average molecular weight is 287 g/mol. The minimum absolute atomic E-state index is 0.206. The second-order valence-electron chi connectivity index (χ2n) is 5.15. The van der Waals surface area contributed by atoms with Crippen molar-refractivity contribution in [2.75, 3.05) is 5.73 Å². The van der Waals surface area contributed by atoms with E-state index in [1.807, 2.05) is 0 Å². The second kappa shape index (κ2) is 5.91. The molecule has 3 N–H and O–H groups in total. The summed E-state index contributed by atoms with van der Waals surface area (Å²) in [5.74, 6) is -0.122. The number of anilines is 1. The Balaban J connectivity index is 2.11. The number of rotatable bonds is 3. The van der Waals surface area contributed by atoms with E-state index in [0.29, 0.717) is 34.7 Å². The molecule has 1 amide bonds. The highest BCUT2D eigenvalue weighted by atomic mass is 19.1. The third-order valence-corrected chi connectivity index (χ3v) is 3.18. The van der Waals surface area contributed by atoms with Gasteiger partial charge in [-0.05, 0) is 49.6 Å². The maximum absolute atomic E-state index is 13.6. The number of nitrogens with zero attached hydrogens (tertiary/aromatic N) is 1. The second-order valence-corrected chi connectivity index (χ2v) is 5.15. The van der Waals surface area contributed by atoms with Gasteiger partial charge < -0.3 is 11.1 Å². The van der Waals surface area contributed by atoms with Gasteiger partial charge in [0.2, 0.25) is 0 Å². The van der Waals surface area contributed by atoms with Crippen LogP contribution in [0.5, 0.6) is 0 Å². The van der Waals surface area contributed by atoms with Crippen LogP contribution in [0.4, 0.5) is 10.2 Å². The molecule has 5 heteroatoms. The number of hydrogen-bond acceptors (Lipinski definition) is 3. The minimum Gasteiger partial charge on any atom is -0.384 e. The van der Waals surface area contributed by atoms with Gasteiger partial charge in [-0.1, -0.05) is 12.1 Å². The van der Waals surface area contributed by atoms with Gasteiger partial charge in [-0.15, -0.1) is 0 Å². The lowest BCUT2D eigenvalue weighted by Gasteiger charge is -2.09. The first-order valence-corrected chi connectivity index (χ1v) is 6.65. The Morgan fingerprint density at radius 3 is 2.38 bits per heavy atom. The molecule has 0 fully saturated rings. The van der Waals surface area contributed by atoms with E-state index >= 15 is 0 Å². The SMILES string of the molecule is Cc1cc(C(=O)NCc2cc(C)c(F)c(C)c2)cc(N)n1. The minimum atomic E-state index is -0.230. The predicted molar refractivity (Wildman–Crippen MR) is 80.4 cm³/mol. The molecule has 0 atom stereocenters. The van der Waals surface area contributed by atoms with Crippen LogP contribution >= 0.6 is 0 Å². The van der Waals surface area contributed by atoms with Gasteiger partial charge in [0.15, 0.2) is 0 Å². The molecule has 110 valence electrons. The summed E-state index contributed by atoms with van der Waals surface area (Å²) < 4.78 is 13.6. The third-order valence-electron chi connectivity index (χ3n) is 3.18. The van der Waals surface area contributed by atoms with Gasteiger partial charge in [0.1, 0.15) is 11.6 Å². The Kier molecular flexibility index (Phi) is 4.21. The topological polar surface area (TPSA) is 68.0 Å². The maximum atomic E-state index is 13.6. The van der Waals surface area contributed by atoms with Crippen LogP contribution in [0.2, 0.25) is 0 Å². The Morgan fingerprint density at radius 1 is 1.19 bits per heavy atom. The first-order valence-electron chi connectivity index (χ1n) is 6.65. The van der Waals surface area contributed by atoms with Crippen molar-refractivity contribution < 1.29 is 9.18 Å². The van der Waals surface area contributed by atoms with Crippen LogP contribution in [-0.2, 0) is 6.54 Å². The first-order chi connectivity index (χ1) is 9.86. The van der Waals surface area contributed by atoms with E-state index in [-0.39, 0.29) is 11.7 Å². The van der Waals surface area contributed by atoms with Crippen molar-refractivity contribution in [3.63, 3.8) is 0 Å². The van der Waals surface area contributed by atoms with E-state index < -0.39 is 0 Å². The number of nitrogens with two attached hydrogens (primary N) is 1. The molecule has 21 heavy (non-hydrogen) atoms. The van der Waals surface area contributed by atoms with Gasteiger partial charge in [-0.3, -0.25) is 4.79 Å². The zero-order chi connectivity index (χ0) is 15.6. The lowest BCUT2D eigenvalue weighted by Crippen LogP contribution is -2.23. The number of aromatic nitrogens is 1. The highest BCUT2D eigenvalue weighted by Crippen LogP contribution is 2.15. The molecule has 0 spiro atoms. The maximum Gasteiger partial charge on any atom is 0.251 e. The van der Waals surface area contributed by atoms with Crippen molar-refractivity contribution in [1.82, 2.24) is 10.3 Å². The molecule has 1 aromatic heterocycles. The molecule has 1 heterocycles. The fourth-order valence-corrected chi connectivity index (χ4v) is 2.25. The van der Waals surface area contributed by atoms with Crippen LogP contribution in [-0.4, -0.2) is 10.9 Å². The monoisotopic (exact) mass is 287 g/mol. The molecule has 0 radical (unpaired) electrons. The standard InChI is InChI=1S/C16H18FN3O/c1-9-4-12(5-10(2)15(9)17)8-19-16(21)13-6-11(3)20-14(18)7-13/h4-7H,8H2,1-3H3,(H2,18,20)(H,19,21). The lowest BCUT2D eigenvalue weighted by molar-refractivity contribution is 0.0950. The molecular weight excluding hydrogens is 269 g/mol. The van der Waals surface area contributed by atoms with Gasteiger partial charge in [-0.25, -0.2) is 9.37 Å². The lowest BCUT2D eigenvalue weighted by atomic mass is 10.1. The predicted octanol–water partition coefficient (Wildman–Crippen LogP) is 2.66. The molecule has 0 saturated heterocycles. The fourth-order valence-electron chi connectivity index (χ4n) is 2.25. The molecule has 0 bridgehead atoms. The first kappa shape index (κ1) is 15.0. The van der Waals surface area contributed by atoms with Crippen LogP contribution < -0.4 is 11.1 Å². The summed E-state index contributed by atoms with van der Waals surface area (Å²) in [5, 5.41) is 2.80. The molecule has 0 aliphatic heterocycles. The molecule has 0 aliphatic rings. The van der Waals surface area contributed by atoms with Crippen molar-refractivity contribution in [2.24, 2.45) is 0 Å². The number of amides is 1. The van der Waals surface area contributed by atoms with Crippen LogP contribution in [0, 0.1) is 26.6 Å². The number of hydrogen-bond donors (Lipinski definition) is 2. The number of carbonyl (C=O) groups is 1. The molecule has 0 aliphatic carbocycles. The number of nitrogens with one attached hydrogen (secondary N) is 1. The summed E-state index contributed by atoms with van der Waals surface area (Å²) in [6, 6.07) is 6.67. The zero-order valence-electron chi connectivity index (χ0n) is 12.3. The number of halogens is 1. The summed E-state index contributed by atoms with van der Waals surface area (Å²) in [6.45, 7) is 5.53. The summed E-state index contributed by atoms with van der Waals surface area (Å²) in [5.41, 5.74) is 8.79. The molecule has 1 aromatic carbocycles. The number of pyridine rings is 1. The van der Waals surface area contributed by atoms with E-state index in [9.17, 15) is 9.18 Å². The van der Waals surface area contributed by atoms with Crippen LogP contribution in [0.3, 0.4) is 0 Å². The number of carbonyl (C=O) groups excluding carboxylic acids is 1. The molecule has 4 nitrogen and oxygen atoms in total. The Bertz CT molecular complexity index is 655. The zero-order valence-corrected chi connectivity index (χ0v) is 12.3. The largest absolute Gasteiger partial charge is 0.384 e. The van der Waals surface area contributed by atoms with Gasteiger partial charge in [0.05, 0.1) is 0 Å².